The van der Waals surface area contributed by atoms with Crippen LogP contribution < -0.4 is 16.0 Å². The SMILES string of the molecule is O=C(COC1CC(CNc2ccccn2)N(C(=O)OCc2ccccc2)C1)NCC(NC(=O)c1ccc(-c2ccccc2)cc1)C(=O)O. The second-order valence-electron chi connectivity index (χ2n) is 11.2. The first kappa shape index (κ1) is 33.6. The summed E-state index contributed by atoms with van der Waals surface area (Å²) < 4.78 is 11.4. The number of aromatic nitrogens is 1. The lowest BCUT2D eigenvalue weighted by Gasteiger charge is -2.24. The zero-order chi connectivity index (χ0) is 33.7. The number of rotatable bonds is 14. The minimum atomic E-state index is -1.36. The van der Waals surface area contributed by atoms with Crippen molar-refractivity contribution in [3.8, 4) is 11.1 Å². The van der Waals surface area contributed by atoms with Gasteiger partial charge >= 0.3 is 12.1 Å². The van der Waals surface area contributed by atoms with E-state index < -0.39 is 36.0 Å². The fraction of sp³-hybridized carbons (Fsp3) is 0.250. The van der Waals surface area contributed by atoms with Gasteiger partial charge in [0.25, 0.3) is 5.91 Å². The molecule has 1 aliphatic heterocycles. The van der Waals surface area contributed by atoms with Crippen molar-refractivity contribution >= 4 is 29.7 Å². The maximum atomic E-state index is 13.1. The first-order valence-electron chi connectivity index (χ1n) is 15.6. The summed E-state index contributed by atoms with van der Waals surface area (Å²) in [7, 11) is 0. The highest BCUT2D eigenvalue weighted by Crippen LogP contribution is 2.23. The van der Waals surface area contributed by atoms with Crippen LogP contribution in [0.3, 0.4) is 0 Å². The van der Waals surface area contributed by atoms with Gasteiger partial charge in [0.2, 0.25) is 5.91 Å². The molecule has 1 saturated heterocycles. The van der Waals surface area contributed by atoms with Crippen molar-refractivity contribution in [2.24, 2.45) is 0 Å². The molecule has 12 nitrogen and oxygen atoms in total. The summed E-state index contributed by atoms with van der Waals surface area (Å²) in [6.45, 7) is -0.000624. The zero-order valence-electron chi connectivity index (χ0n) is 26.2. The van der Waals surface area contributed by atoms with Crippen LogP contribution in [-0.4, -0.2) is 83.3 Å². The number of benzene rings is 3. The summed E-state index contributed by atoms with van der Waals surface area (Å²) in [5, 5.41) is 17.9. The Balaban J connectivity index is 1.11. The maximum Gasteiger partial charge on any atom is 0.410 e. The molecule has 2 heterocycles. The van der Waals surface area contributed by atoms with Crippen LogP contribution in [0.15, 0.2) is 109 Å². The van der Waals surface area contributed by atoms with Crippen LogP contribution in [-0.2, 0) is 25.7 Å². The number of carbonyl (C=O) groups excluding carboxylic acids is 3. The minimum absolute atomic E-state index is 0.116. The molecule has 4 N–H and O–H groups in total. The Kier molecular flexibility index (Phi) is 11.7. The van der Waals surface area contributed by atoms with E-state index in [4.69, 9.17) is 9.47 Å². The van der Waals surface area contributed by atoms with Crippen molar-refractivity contribution in [2.45, 2.75) is 31.2 Å². The second-order valence-corrected chi connectivity index (χ2v) is 11.2. The van der Waals surface area contributed by atoms with E-state index in [0.717, 1.165) is 16.7 Å². The van der Waals surface area contributed by atoms with Gasteiger partial charge in [0, 0.05) is 24.8 Å². The lowest BCUT2D eigenvalue weighted by Crippen LogP contribution is -2.49. The third-order valence-corrected chi connectivity index (χ3v) is 7.81. The number of aliphatic carboxylic acids is 1. The fourth-order valence-electron chi connectivity index (χ4n) is 5.25. The number of carbonyl (C=O) groups is 4. The minimum Gasteiger partial charge on any atom is -0.480 e. The molecule has 5 rings (SSSR count). The van der Waals surface area contributed by atoms with Gasteiger partial charge in [-0.1, -0.05) is 78.9 Å². The first-order chi connectivity index (χ1) is 23.4. The van der Waals surface area contributed by atoms with E-state index in [1.165, 1.54) is 0 Å². The number of nitrogens with one attached hydrogen (secondary N) is 3. The van der Waals surface area contributed by atoms with Gasteiger partial charge < -0.3 is 35.4 Å². The predicted molar refractivity (Wildman–Crippen MR) is 178 cm³/mol. The summed E-state index contributed by atoms with van der Waals surface area (Å²) in [5.41, 5.74) is 3.05. The summed E-state index contributed by atoms with van der Waals surface area (Å²) >= 11 is 0. The van der Waals surface area contributed by atoms with Crippen LogP contribution in [0, 0.1) is 0 Å². The van der Waals surface area contributed by atoms with Gasteiger partial charge in [-0.3, -0.25) is 9.59 Å². The zero-order valence-corrected chi connectivity index (χ0v) is 26.2. The summed E-state index contributed by atoms with van der Waals surface area (Å²) in [5.74, 6) is -1.78. The van der Waals surface area contributed by atoms with Gasteiger partial charge in [0.15, 0.2) is 0 Å². The van der Waals surface area contributed by atoms with E-state index in [0.29, 0.717) is 18.8 Å². The van der Waals surface area contributed by atoms with Crippen molar-refractivity contribution in [1.29, 1.82) is 0 Å². The molecule has 48 heavy (non-hydrogen) atoms. The first-order valence-corrected chi connectivity index (χ1v) is 15.6. The Bertz CT molecular complexity index is 1660. The Labute approximate surface area is 278 Å². The number of nitrogens with zero attached hydrogens (tertiary/aromatic N) is 2. The number of carboxylic acid groups (broad SMARTS) is 1. The standard InChI is InChI=1S/C36H37N5O7/c42-33(39-21-31(35(44)45)40-34(43)28-16-14-27(15-17-28)26-11-5-2-6-12-26)24-47-30-19-29(20-38-32-13-7-8-18-37-32)41(22-30)36(46)48-23-25-9-3-1-4-10-25/h1-18,29-31H,19-24H2,(H,37,38)(H,39,42)(H,40,43)(H,44,45). The van der Waals surface area contributed by atoms with Crippen LogP contribution in [0.2, 0.25) is 0 Å². The number of carboxylic acids is 1. The second kappa shape index (κ2) is 16.7. The lowest BCUT2D eigenvalue weighted by molar-refractivity contribution is -0.139. The monoisotopic (exact) mass is 651 g/mol. The molecule has 1 fully saturated rings. The molecule has 0 radical (unpaired) electrons. The normalized spacial score (nSPS) is 16.0. The maximum absolute atomic E-state index is 13.1. The average Bonchev–Trinajstić information content (AvgIpc) is 3.55. The smallest absolute Gasteiger partial charge is 0.410 e. The van der Waals surface area contributed by atoms with E-state index in [-0.39, 0.29) is 37.9 Å². The number of anilines is 1. The molecule has 3 aromatic carbocycles. The number of hydrogen-bond donors (Lipinski definition) is 4. The molecule has 0 bridgehead atoms. The third-order valence-electron chi connectivity index (χ3n) is 7.81. The van der Waals surface area contributed by atoms with Gasteiger partial charge in [-0.15, -0.1) is 0 Å². The van der Waals surface area contributed by atoms with Crippen LogP contribution in [0.25, 0.3) is 11.1 Å². The highest BCUT2D eigenvalue weighted by atomic mass is 16.6. The number of ether oxygens (including phenoxy) is 2. The Morgan fingerprint density at radius 2 is 1.56 bits per heavy atom. The predicted octanol–water partition coefficient (Wildman–Crippen LogP) is 3.96. The molecule has 0 spiro atoms. The number of likely N-dealkylation sites (tertiary alicyclic amines) is 1. The molecular weight excluding hydrogens is 614 g/mol. The summed E-state index contributed by atoms with van der Waals surface area (Å²) in [4.78, 5) is 56.2. The summed E-state index contributed by atoms with van der Waals surface area (Å²) in [6.07, 6.45) is 1.13. The van der Waals surface area contributed by atoms with Crippen molar-refractivity contribution in [3.63, 3.8) is 0 Å². The Morgan fingerprint density at radius 3 is 2.25 bits per heavy atom. The van der Waals surface area contributed by atoms with Crippen LogP contribution in [0.4, 0.5) is 10.6 Å². The molecular formula is C36H37N5O7. The molecule has 0 aliphatic carbocycles. The van der Waals surface area contributed by atoms with E-state index in [1.54, 1.807) is 41.4 Å². The molecule has 4 aromatic rings. The van der Waals surface area contributed by atoms with E-state index in [2.05, 4.69) is 20.9 Å². The van der Waals surface area contributed by atoms with Gasteiger partial charge in [0.05, 0.1) is 18.7 Å². The van der Waals surface area contributed by atoms with E-state index >= 15 is 0 Å². The highest BCUT2D eigenvalue weighted by molar-refractivity contribution is 5.97. The van der Waals surface area contributed by atoms with Crippen molar-refractivity contribution in [1.82, 2.24) is 20.5 Å². The highest BCUT2D eigenvalue weighted by Gasteiger charge is 2.37. The van der Waals surface area contributed by atoms with Gasteiger partial charge in [0.1, 0.15) is 25.1 Å². The summed E-state index contributed by atoms with van der Waals surface area (Å²) in [6, 6.07) is 29.6. The topological polar surface area (TPSA) is 159 Å². The van der Waals surface area contributed by atoms with Gasteiger partial charge in [-0.05, 0) is 47.4 Å². The van der Waals surface area contributed by atoms with Crippen molar-refractivity contribution in [2.75, 3.05) is 31.6 Å². The largest absolute Gasteiger partial charge is 0.480 e. The van der Waals surface area contributed by atoms with Gasteiger partial charge in [-0.25, -0.2) is 14.6 Å². The molecule has 3 amide bonds. The number of hydrogen-bond acceptors (Lipinski definition) is 8. The van der Waals surface area contributed by atoms with E-state index in [1.807, 2.05) is 72.8 Å². The number of amides is 3. The van der Waals surface area contributed by atoms with Crippen LogP contribution in [0.5, 0.6) is 0 Å². The Morgan fingerprint density at radius 1 is 0.875 bits per heavy atom. The number of pyridine rings is 1. The van der Waals surface area contributed by atoms with E-state index in [9.17, 15) is 24.3 Å². The Hall–Kier alpha value is -5.75. The quantitative estimate of drug-likeness (QED) is 0.158. The van der Waals surface area contributed by atoms with Crippen LogP contribution >= 0.6 is 0 Å². The molecule has 12 heteroatoms. The molecule has 1 aliphatic rings. The van der Waals surface area contributed by atoms with Gasteiger partial charge in [-0.2, -0.15) is 0 Å². The molecule has 3 unspecified atom stereocenters. The van der Waals surface area contributed by atoms with Crippen molar-refractivity contribution in [3.05, 3.63) is 120 Å². The average molecular weight is 652 g/mol. The third kappa shape index (κ3) is 9.63. The lowest BCUT2D eigenvalue weighted by atomic mass is 10.0. The molecule has 1 aromatic heterocycles. The van der Waals surface area contributed by atoms with Crippen LogP contribution in [0.1, 0.15) is 22.3 Å². The molecule has 0 saturated carbocycles. The fourth-order valence-corrected chi connectivity index (χ4v) is 5.25. The molecule has 248 valence electrons. The molecule has 3 atom stereocenters. The van der Waals surface area contributed by atoms with Crippen molar-refractivity contribution < 1.29 is 33.8 Å².